The van der Waals surface area contributed by atoms with Crippen LogP contribution < -0.4 is 10.1 Å². The predicted molar refractivity (Wildman–Crippen MR) is 112 cm³/mol. The Morgan fingerprint density at radius 1 is 1.33 bits per heavy atom. The highest BCUT2D eigenvalue weighted by Gasteiger charge is 2.17. The number of nitro groups is 1. The molecule has 0 aliphatic carbocycles. The fourth-order valence-electron chi connectivity index (χ4n) is 2.38. The van der Waals surface area contributed by atoms with Gasteiger partial charge in [0.1, 0.15) is 5.75 Å². The van der Waals surface area contributed by atoms with Crippen LogP contribution in [-0.4, -0.2) is 22.4 Å². The number of benzene rings is 2. The minimum atomic E-state index is -0.529. The van der Waals surface area contributed by atoms with Gasteiger partial charge in [0, 0.05) is 26.6 Å². The number of halogens is 1. The summed E-state index contributed by atoms with van der Waals surface area (Å²) < 4.78 is 6.23. The van der Waals surface area contributed by atoms with Crippen LogP contribution in [0.3, 0.4) is 0 Å². The molecule has 0 unspecified atom stereocenters. The molecule has 1 N–H and O–H groups in total. The van der Waals surface area contributed by atoms with Crippen LogP contribution in [0.4, 0.5) is 10.8 Å². The van der Waals surface area contributed by atoms with Gasteiger partial charge in [0.05, 0.1) is 22.8 Å². The van der Waals surface area contributed by atoms with Crippen LogP contribution in [0.5, 0.6) is 5.75 Å². The van der Waals surface area contributed by atoms with Gasteiger partial charge in [-0.15, -0.1) is 11.3 Å². The molecule has 0 saturated carbocycles. The van der Waals surface area contributed by atoms with E-state index in [2.05, 4.69) is 10.3 Å². The van der Waals surface area contributed by atoms with E-state index in [0.29, 0.717) is 21.0 Å². The summed E-state index contributed by atoms with van der Waals surface area (Å²) in [5.74, 6) is 0.276. The Balaban J connectivity index is 1.84. The van der Waals surface area contributed by atoms with Crippen molar-refractivity contribution < 1.29 is 14.5 Å². The molecule has 0 radical (unpaired) electrons. The maximum atomic E-state index is 12.5. The molecule has 1 amide bonds. The van der Waals surface area contributed by atoms with Gasteiger partial charge in [-0.1, -0.05) is 12.1 Å². The summed E-state index contributed by atoms with van der Waals surface area (Å²) in [5.41, 5.74) is 1.62. The SMILES string of the molecule is CCOc1ccccc1-c1csc(NC(=O)c2cc([N+](=O)[O-])ccc2I)n1. The number of anilines is 1. The predicted octanol–water partition coefficient (Wildman–Crippen LogP) is 4.97. The molecule has 0 atom stereocenters. The molecule has 138 valence electrons. The van der Waals surface area contributed by atoms with Crippen LogP contribution in [-0.2, 0) is 0 Å². The van der Waals surface area contributed by atoms with Crippen molar-refractivity contribution in [1.82, 2.24) is 4.98 Å². The van der Waals surface area contributed by atoms with E-state index in [9.17, 15) is 14.9 Å². The Morgan fingerprint density at radius 2 is 2.11 bits per heavy atom. The molecule has 2 aromatic carbocycles. The summed E-state index contributed by atoms with van der Waals surface area (Å²) in [6.07, 6.45) is 0. The van der Waals surface area contributed by atoms with E-state index in [1.165, 1.54) is 23.5 Å². The number of amides is 1. The Bertz CT molecular complexity index is 1010. The lowest BCUT2D eigenvalue weighted by atomic mass is 10.1. The fraction of sp³-hybridized carbons (Fsp3) is 0.111. The third-order valence-corrected chi connectivity index (χ3v) is 5.29. The maximum Gasteiger partial charge on any atom is 0.270 e. The Morgan fingerprint density at radius 3 is 2.85 bits per heavy atom. The standard InChI is InChI=1S/C18H14IN3O4S/c1-2-26-16-6-4-3-5-12(16)15-10-27-18(20-15)21-17(23)13-9-11(22(24)25)7-8-14(13)19/h3-10H,2H2,1H3,(H,20,21,23). The summed E-state index contributed by atoms with van der Waals surface area (Å²) in [6.45, 7) is 2.44. The number of carbonyl (C=O) groups excluding carboxylic acids is 1. The lowest BCUT2D eigenvalue weighted by Gasteiger charge is -2.07. The van der Waals surface area contributed by atoms with Crippen molar-refractivity contribution in [3.8, 4) is 17.0 Å². The zero-order valence-electron chi connectivity index (χ0n) is 14.1. The number of non-ortho nitro benzene ring substituents is 1. The lowest BCUT2D eigenvalue weighted by molar-refractivity contribution is -0.384. The number of carbonyl (C=O) groups is 1. The Kier molecular flexibility index (Phi) is 6.01. The molecule has 0 spiro atoms. The lowest BCUT2D eigenvalue weighted by Crippen LogP contribution is -2.13. The number of aromatic nitrogens is 1. The normalized spacial score (nSPS) is 10.4. The molecule has 0 saturated heterocycles. The van der Waals surface area contributed by atoms with Crippen LogP contribution in [0.15, 0.2) is 47.8 Å². The highest BCUT2D eigenvalue weighted by molar-refractivity contribution is 14.1. The molecule has 0 bridgehead atoms. The van der Waals surface area contributed by atoms with Gasteiger partial charge >= 0.3 is 0 Å². The first-order valence-electron chi connectivity index (χ1n) is 7.92. The quantitative estimate of drug-likeness (QED) is 0.296. The summed E-state index contributed by atoms with van der Waals surface area (Å²) in [6, 6.07) is 11.7. The average Bonchev–Trinajstić information content (AvgIpc) is 3.10. The van der Waals surface area contributed by atoms with E-state index in [0.717, 1.165) is 11.3 Å². The molecule has 0 fully saturated rings. The number of nitrogens with one attached hydrogen (secondary N) is 1. The van der Waals surface area contributed by atoms with Gasteiger partial charge in [-0.25, -0.2) is 4.98 Å². The van der Waals surface area contributed by atoms with Gasteiger partial charge in [-0.2, -0.15) is 0 Å². The first-order chi connectivity index (χ1) is 13.0. The van der Waals surface area contributed by atoms with Gasteiger partial charge in [0.25, 0.3) is 11.6 Å². The van der Waals surface area contributed by atoms with Crippen molar-refractivity contribution in [3.63, 3.8) is 0 Å². The topological polar surface area (TPSA) is 94.4 Å². The third-order valence-electron chi connectivity index (χ3n) is 3.59. The number of thiazole rings is 1. The molecular weight excluding hydrogens is 481 g/mol. The third kappa shape index (κ3) is 4.42. The molecule has 27 heavy (non-hydrogen) atoms. The van der Waals surface area contributed by atoms with Gasteiger partial charge in [0.2, 0.25) is 0 Å². The number of nitro benzene ring substituents is 1. The average molecular weight is 495 g/mol. The van der Waals surface area contributed by atoms with Crippen molar-refractivity contribution in [3.05, 3.63) is 67.1 Å². The first-order valence-corrected chi connectivity index (χ1v) is 9.88. The number of ether oxygens (including phenoxy) is 1. The second-order valence-electron chi connectivity index (χ2n) is 5.34. The first kappa shape index (κ1) is 19.2. The molecule has 0 aliphatic heterocycles. The van der Waals surface area contributed by atoms with Crippen LogP contribution >= 0.6 is 33.9 Å². The smallest absolute Gasteiger partial charge is 0.270 e. The molecule has 1 aromatic heterocycles. The van der Waals surface area contributed by atoms with Gasteiger partial charge in [0.15, 0.2) is 5.13 Å². The van der Waals surface area contributed by atoms with E-state index in [4.69, 9.17) is 4.74 Å². The highest BCUT2D eigenvalue weighted by Crippen LogP contribution is 2.32. The summed E-state index contributed by atoms with van der Waals surface area (Å²) in [4.78, 5) is 27.4. The van der Waals surface area contributed by atoms with Crippen molar-refractivity contribution in [2.75, 3.05) is 11.9 Å². The second kappa shape index (κ2) is 8.44. The van der Waals surface area contributed by atoms with Crippen molar-refractivity contribution in [2.24, 2.45) is 0 Å². The molecule has 7 nitrogen and oxygen atoms in total. The van der Waals surface area contributed by atoms with Crippen LogP contribution in [0.2, 0.25) is 0 Å². The van der Waals surface area contributed by atoms with Crippen LogP contribution in [0, 0.1) is 13.7 Å². The van der Waals surface area contributed by atoms with E-state index in [1.807, 2.05) is 59.2 Å². The van der Waals surface area contributed by atoms with E-state index in [-0.39, 0.29) is 11.3 Å². The van der Waals surface area contributed by atoms with Crippen LogP contribution in [0.25, 0.3) is 11.3 Å². The monoisotopic (exact) mass is 495 g/mol. The number of para-hydroxylation sites is 1. The number of nitrogens with zero attached hydrogens (tertiary/aromatic N) is 2. The zero-order valence-corrected chi connectivity index (χ0v) is 17.1. The van der Waals surface area contributed by atoms with Crippen molar-refractivity contribution in [1.29, 1.82) is 0 Å². The molecule has 9 heteroatoms. The van der Waals surface area contributed by atoms with E-state index < -0.39 is 10.8 Å². The minimum Gasteiger partial charge on any atom is -0.493 e. The van der Waals surface area contributed by atoms with Gasteiger partial charge < -0.3 is 4.74 Å². The summed E-state index contributed by atoms with van der Waals surface area (Å²) in [7, 11) is 0. The second-order valence-corrected chi connectivity index (χ2v) is 7.36. The van der Waals surface area contributed by atoms with Gasteiger partial charge in [-0.3, -0.25) is 20.2 Å². The van der Waals surface area contributed by atoms with Crippen LogP contribution in [0.1, 0.15) is 17.3 Å². The fourth-order valence-corrected chi connectivity index (χ4v) is 3.67. The molecule has 3 rings (SSSR count). The molecule has 0 aliphatic rings. The zero-order chi connectivity index (χ0) is 19.4. The number of hydrogen-bond donors (Lipinski definition) is 1. The number of rotatable bonds is 6. The van der Waals surface area contributed by atoms with Gasteiger partial charge in [-0.05, 0) is 47.7 Å². The summed E-state index contributed by atoms with van der Waals surface area (Å²) >= 11 is 3.25. The van der Waals surface area contributed by atoms with E-state index in [1.54, 1.807) is 6.07 Å². The highest BCUT2D eigenvalue weighted by atomic mass is 127. The largest absolute Gasteiger partial charge is 0.493 e. The molecular formula is C18H14IN3O4S. The van der Waals surface area contributed by atoms with Crippen molar-refractivity contribution >= 4 is 50.7 Å². The Labute approximate surface area is 172 Å². The molecule has 3 aromatic rings. The Hall–Kier alpha value is -2.53. The minimum absolute atomic E-state index is 0.133. The van der Waals surface area contributed by atoms with E-state index >= 15 is 0 Å². The van der Waals surface area contributed by atoms with Crippen molar-refractivity contribution in [2.45, 2.75) is 6.92 Å². The molecule has 1 heterocycles. The number of hydrogen-bond acceptors (Lipinski definition) is 6. The summed E-state index contributed by atoms with van der Waals surface area (Å²) in [5, 5.41) is 15.9. The maximum absolute atomic E-state index is 12.5.